The van der Waals surface area contributed by atoms with Crippen molar-refractivity contribution in [2.75, 3.05) is 89.5 Å². The number of rotatable bonds is 13. The smallest absolute Gasteiger partial charge is 0.306 e. The molecule has 0 saturated carbocycles. The second-order valence-corrected chi connectivity index (χ2v) is 16.1. The van der Waals surface area contributed by atoms with Crippen molar-refractivity contribution in [1.82, 2.24) is 59.3 Å². The molecule has 2 fully saturated rings. The zero-order chi connectivity index (χ0) is 46.1. The normalized spacial score (nSPS) is 14.2. The number of aryl methyl sites for hydroxylation is 2. The molecule has 0 radical (unpaired) electrons. The molecule has 6 heterocycles. The Morgan fingerprint density at radius 1 is 0.646 bits per heavy atom. The van der Waals surface area contributed by atoms with E-state index in [0.29, 0.717) is 54.8 Å². The van der Waals surface area contributed by atoms with Crippen molar-refractivity contribution in [3.05, 3.63) is 122 Å². The van der Waals surface area contributed by atoms with Gasteiger partial charge < -0.3 is 34.1 Å². The summed E-state index contributed by atoms with van der Waals surface area (Å²) in [6, 6.07) is 15.4. The number of H-pyrrole nitrogens is 1. The van der Waals surface area contributed by atoms with Crippen LogP contribution in [0.4, 0.5) is 11.6 Å². The van der Waals surface area contributed by atoms with E-state index >= 15 is 0 Å². The molecule has 344 valence electrons. The van der Waals surface area contributed by atoms with E-state index in [4.69, 9.17) is 9.47 Å². The van der Waals surface area contributed by atoms with Gasteiger partial charge in [0.05, 0.1) is 73.6 Å². The Labute approximate surface area is 384 Å². The van der Waals surface area contributed by atoms with Gasteiger partial charge in [0.2, 0.25) is 0 Å². The summed E-state index contributed by atoms with van der Waals surface area (Å²) in [4.78, 5) is 68.8. The number of anilines is 2. The summed E-state index contributed by atoms with van der Waals surface area (Å²) in [5.74, 6) is 0.348. The summed E-state index contributed by atoms with van der Waals surface area (Å²) >= 11 is 3.36. The van der Waals surface area contributed by atoms with E-state index < -0.39 is 0 Å². The van der Waals surface area contributed by atoms with Crippen LogP contribution >= 0.6 is 15.9 Å². The van der Waals surface area contributed by atoms with Gasteiger partial charge in [0.15, 0.2) is 11.6 Å². The highest BCUT2D eigenvalue weighted by atomic mass is 79.9. The van der Waals surface area contributed by atoms with Crippen molar-refractivity contribution in [2.45, 2.75) is 39.5 Å². The Morgan fingerprint density at radius 2 is 1.11 bits per heavy atom. The van der Waals surface area contributed by atoms with E-state index in [1.807, 2.05) is 64.5 Å². The minimum absolute atomic E-state index is 0.178. The van der Waals surface area contributed by atoms with Gasteiger partial charge in [-0.15, -0.1) is 10.2 Å². The minimum atomic E-state index is -0.273. The van der Waals surface area contributed by atoms with Gasteiger partial charge >= 0.3 is 11.9 Å². The molecule has 0 aliphatic carbocycles. The molecule has 2 saturated heterocycles. The summed E-state index contributed by atoms with van der Waals surface area (Å²) in [6.07, 6.45) is 11.5. The van der Waals surface area contributed by atoms with Crippen LogP contribution in [-0.2, 0) is 31.9 Å². The third-order valence-electron chi connectivity index (χ3n) is 10.5. The first-order chi connectivity index (χ1) is 31.5. The number of esters is 2. The Bertz CT molecular complexity index is 2520. The second kappa shape index (κ2) is 23.9. The van der Waals surface area contributed by atoms with Crippen LogP contribution in [0.1, 0.15) is 38.1 Å². The number of aromatic amines is 1. The molecule has 6 aromatic rings. The zero-order valence-corrected chi connectivity index (χ0v) is 38.7. The molecule has 21 heteroatoms. The molecule has 20 nitrogen and oxygen atoms in total. The van der Waals surface area contributed by atoms with Crippen LogP contribution < -0.4 is 20.9 Å². The van der Waals surface area contributed by atoms with E-state index in [1.165, 1.54) is 0 Å². The molecule has 0 atom stereocenters. The number of likely N-dealkylation sites (N-methyl/N-ethyl adjacent to an activating group) is 2. The number of nitrogens with zero attached hydrogens (tertiary/aromatic N) is 13. The van der Waals surface area contributed by atoms with Crippen molar-refractivity contribution < 1.29 is 19.1 Å². The van der Waals surface area contributed by atoms with E-state index in [1.54, 1.807) is 58.8 Å². The van der Waals surface area contributed by atoms with E-state index in [-0.39, 0.29) is 35.9 Å². The van der Waals surface area contributed by atoms with Crippen LogP contribution in [0.5, 0.6) is 0 Å². The quantitative estimate of drug-likeness (QED) is 0.165. The van der Waals surface area contributed by atoms with Crippen molar-refractivity contribution >= 4 is 39.5 Å². The van der Waals surface area contributed by atoms with Crippen LogP contribution in [-0.4, -0.2) is 151 Å². The highest BCUT2D eigenvalue weighted by Crippen LogP contribution is 2.17. The molecular formula is C44H55BrN14O6. The van der Waals surface area contributed by atoms with Crippen LogP contribution in [0.2, 0.25) is 0 Å². The number of aromatic nitrogens is 10. The van der Waals surface area contributed by atoms with Crippen LogP contribution in [0.15, 0.2) is 99.8 Å². The molecule has 0 amide bonds. The molecule has 2 aliphatic heterocycles. The first-order valence-electron chi connectivity index (χ1n) is 21.5. The number of nitrogens with one attached hydrogen (secondary N) is 1. The fourth-order valence-corrected chi connectivity index (χ4v) is 7.10. The number of carbonyl (C=O) groups is 2. The lowest BCUT2D eigenvalue weighted by molar-refractivity contribution is -0.144. The number of hydrogen-bond acceptors (Lipinski definition) is 16. The van der Waals surface area contributed by atoms with Gasteiger partial charge in [0.1, 0.15) is 0 Å². The average molecular weight is 956 g/mol. The van der Waals surface area contributed by atoms with Gasteiger partial charge in [0.25, 0.3) is 11.1 Å². The molecule has 8 rings (SSSR count). The van der Waals surface area contributed by atoms with Crippen LogP contribution in [0.25, 0.3) is 17.1 Å². The van der Waals surface area contributed by atoms with Gasteiger partial charge in [-0.2, -0.15) is 0 Å². The molecule has 0 bridgehead atoms. The third kappa shape index (κ3) is 14.0. The first-order valence-corrected chi connectivity index (χ1v) is 22.3. The predicted octanol–water partition coefficient (Wildman–Crippen LogP) is 3.11. The molecule has 0 spiro atoms. The maximum absolute atomic E-state index is 13.4. The molecule has 1 N–H and O–H groups in total. The van der Waals surface area contributed by atoms with Gasteiger partial charge in [-0.1, -0.05) is 26.4 Å². The molecule has 2 aromatic carbocycles. The van der Waals surface area contributed by atoms with E-state index in [0.717, 1.165) is 68.2 Å². The topological polar surface area (TPSA) is 208 Å². The Balaban J connectivity index is 0.000000181. The van der Waals surface area contributed by atoms with Crippen molar-refractivity contribution in [3.8, 4) is 17.1 Å². The number of hydrogen-bond donors (Lipinski definition) is 1. The largest absolute Gasteiger partial charge is 0.466 e. The molecule has 65 heavy (non-hydrogen) atoms. The number of piperazine rings is 2. The lowest BCUT2D eigenvalue weighted by Gasteiger charge is -2.33. The van der Waals surface area contributed by atoms with Crippen LogP contribution in [0, 0.1) is 0 Å². The second-order valence-electron chi connectivity index (χ2n) is 15.2. The van der Waals surface area contributed by atoms with E-state index in [9.17, 15) is 19.2 Å². The lowest BCUT2D eigenvalue weighted by atomic mass is 10.2. The summed E-state index contributed by atoms with van der Waals surface area (Å²) in [6.45, 7) is 10.9. The van der Waals surface area contributed by atoms with Gasteiger partial charge in [-0.25, -0.2) is 19.3 Å². The third-order valence-corrected chi connectivity index (χ3v) is 11.0. The van der Waals surface area contributed by atoms with E-state index in [2.05, 4.69) is 75.4 Å². The average Bonchev–Trinajstić information content (AvgIpc) is 4.07. The SMILES string of the molecule is Brc1ccc(-n2ccnn2)cc1.CCOC(=O)CCc1c[nH]c(=O)c(N2CCN(C)CC2)n1.CCOC(=O)CCc1cn(-c2ccc(-n3ccnn3)cc2)c(=O)c(N2CCN(C)CC2)n1. The first kappa shape index (κ1) is 47.9. The Kier molecular flexibility index (Phi) is 17.6. The monoisotopic (exact) mass is 954 g/mol. The lowest BCUT2D eigenvalue weighted by Crippen LogP contribution is -2.47. The van der Waals surface area contributed by atoms with Crippen molar-refractivity contribution in [2.24, 2.45) is 0 Å². The number of benzene rings is 2. The van der Waals surface area contributed by atoms with Gasteiger partial charge in [0, 0.05) is 87.8 Å². The van der Waals surface area contributed by atoms with Gasteiger partial charge in [-0.3, -0.25) is 23.7 Å². The van der Waals surface area contributed by atoms with Crippen molar-refractivity contribution in [3.63, 3.8) is 0 Å². The Hall–Kier alpha value is -6.58. The molecule has 4 aromatic heterocycles. The summed E-state index contributed by atoms with van der Waals surface area (Å²) in [5, 5.41) is 15.4. The molecule has 2 aliphatic rings. The fourth-order valence-electron chi connectivity index (χ4n) is 6.84. The Morgan fingerprint density at radius 3 is 1.60 bits per heavy atom. The molecule has 0 unspecified atom stereocenters. The standard InChI is InChI=1S/C22H27N7O3.C14H22N4O3.C8H6BrN3/c1-3-32-20(30)9-4-17-16-28(18-5-7-19(8-6-18)29-11-10-23-25-29)22(31)21(24-17)27-14-12-26(2)13-15-27;1-3-21-12(19)5-4-11-10-15-14(20)13(16-11)18-8-6-17(2)7-9-18;9-7-1-3-8(4-2-7)12-6-5-10-11-12/h5-8,10-11,16H,3-4,9,12-15H2,1-2H3;10H,3-9H2,1-2H3,(H,15,20);1-6H. The maximum Gasteiger partial charge on any atom is 0.306 e. The van der Waals surface area contributed by atoms with Crippen LogP contribution in [0.3, 0.4) is 0 Å². The zero-order valence-electron chi connectivity index (χ0n) is 37.1. The summed E-state index contributed by atoms with van der Waals surface area (Å²) in [7, 11) is 4.13. The minimum Gasteiger partial charge on any atom is -0.466 e. The predicted molar refractivity (Wildman–Crippen MR) is 248 cm³/mol. The highest BCUT2D eigenvalue weighted by Gasteiger charge is 2.22. The maximum atomic E-state index is 13.4. The van der Waals surface area contributed by atoms with Gasteiger partial charge in [-0.05, 0) is 76.5 Å². The summed E-state index contributed by atoms with van der Waals surface area (Å²) < 4.78 is 16.0. The fraction of sp³-hybridized carbons (Fsp3) is 0.409. The van der Waals surface area contributed by atoms with Crippen molar-refractivity contribution in [1.29, 1.82) is 0 Å². The number of halogens is 1. The summed E-state index contributed by atoms with van der Waals surface area (Å²) in [5.41, 5.74) is 3.59. The number of ether oxygens (including phenoxy) is 2. The highest BCUT2D eigenvalue weighted by molar-refractivity contribution is 9.10. The molecular weight excluding hydrogens is 900 g/mol. The number of carbonyl (C=O) groups excluding carboxylic acids is 2.